The van der Waals surface area contributed by atoms with Crippen LogP contribution in [0.2, 0.25) is 5.02 Å². The average molecular weight is 397 g/mol. The minimum atomic E-state index is 0.715. The van der Waals surface area contributed by atoms with Gasteiger partial charge in [-0.25, -0.2) is 0 Å². The van der Waals surface area contributed by atoms with Crippen molar-refractivity contribution in [2.45, 2.75) is 10.9 Å². The predicted molar refractivity (Wildman–Crippen MR) is 109 cm³/mol. The fourth-order valence-electron chi connectivity index (χ4n) is 2.89. The SMILES string of the molecule is COc1ccc(-c2nnc(SCc3ccc(Cl)c4cccnc34)n2C)cc1. The molecule has 0 aliphatic rings. The Kier molecular flexibility index (Phi) is 5.01. The lowest BCUT2D eigenvalue weighted by atomic mass is 10.1. The molecule has 4 rings (SSSR count). The highest BCUT2D eigenvalue weighted by atomic mass is 35.5. The standard InChI is InChI=1S/C20H17ClN4OS/c1-25-19(13-5-8-15(26-2)9-6-13)23-24-20(25)27-12-14-7-10-17(21)16-4-3-11-22-18(14)16/h3-11H,12H2,1-2H3. The van der Waals surface area contributed by atoms with Crippen molar-refractivity contribution in [2.24, 2.45) is 7.05 Å². The van der Waals surface area contributed by atoms with Gasteiger partial charge in [0.15, 0.2) is 11.0 Å². The number of hydrogen-bond acceptors (Lipinski definition) is 5. The van der Waals surface area contributed by atoms with E-state index in [-0.39, 0.29) is 0 Å². The third-order valence-corrected chi connectivity index (χ3v) is 5.74. The van der Waals surface area contributed by atoms with E-state index in [1.54, 1.807) is 25.1 Å². The Morgan fingerprint density at radius 1 is 1.07 bits per heavy atom. The van der Waals surface area contributed by atoms with Crippen molar-refractivity contribution in [3.05, 3.63) is 65.3 Å². The van der Waals surface area contributed by atoms with E-state index in [9.17, 15) is 0 Å². The summed E-state index contributed by atoms with van der Waals surface area (Å²) in [5.41, 5.74) is 3.04. The minimum Gasteiger partial charge on any atom is -0.497 e. The van der Waals surface area contributed by atoms with Crippen LogP contribution in [0.25, 0.3) is 22.3 Å². The van der Waals surface area contributed by atoms with Gasteiger partial charge < -0.3 is 9.30 Å². The van der Waals surface area contributed by atoms with E-state index >= 15 is 0 Å². The normalized spacial score (nSPS) is 11.1. The maximum absolute atomic E-state index is 6.28. The van der Waals surface area contributed by atoms with E-state index in [0.29, 0.717) is 5.02 Å². The van der Waals surface area contributed by atoms with E-state index in [1.807, 2.05) is 60.1 Å². The molecule has 2 aromatic carbocycles. The fourth-order valence-corrected chi connectivity index (χ4v) is 4.00. The first kappa shape index (κ1) is 17.8. The molecule has 0 bridgehead atoms. The summed E-state index contributed by atoms with van der Waals surface area (Å²) in [7, 11) is 3.63. The van der Waals surface area contributed by atoms with Gasteiger partial charge in [0, 0.05) is 35.0 Å². The minimum absolute atomic E-state index is 0.715. The second-order valence-electron chi connectivity index (χ2n) is 5.99. The highest BCUT2D eigenvalue weighted by molar-refractivity contribution is 7.98. The number of aromatic nitrogens is 4. The van der Waals surface area contributed by atoms with Crippen LogP contribution >= 0.6 is 23.4 Å². The van der Waals surface area contributed by atoms with Crippen LogP contribution in [0, 0.1) is 0 Å². The maximum Gasteiger partial charge on any atom is 0.191 e. The van der Waals surface area contributed by atoms with Gasteiger partial charge in [0.2, 0.25) is 0 Å². The zero-order valence-electron chi connectivity index (χ0n) is 14.9. The van der Waals surface area contributed by atoms with Crippen molar-refractivity contribution < 1.29 is 4.74 Å². The molecule has 0 spiro atoms. The molecule has 0 saturated heterocycles. The Hall–Kier alpha value is -2.57. The molecule has 5 nitrogen and oxygen atoms in total. The van der Waals surface area contributed by atoms with Gasteiger partial charge in [-0.05, 0) is 48.0 Å². The number of benzene rings is 2. The zero-order valence-corrected chi connectivity index (χ0v) is 16.5. The summed E-state index contributed by atoms with van der Waals surface area (Å²) in [4.78, 5) is 4.49. The predicted octanol–water partition coefficient (Wildman–Crippen LogP) is 4.98. The maximum atomic E-state index is 6.28. The van der Waals surface area contributed by atoms with Crippen molar-refractivity contribution in [1.82, 2.24) is 19.7 Å². The summed E-state index contributed by atoms with van der Waals surface area (Å²) in [6.07, 6.45) is 1.79. The number of methoxy groups -OCH3 is 1. The molecule has 0 fully saturated rings. The summed E-state index contributed by atoms with van der Waals surface area (Å²) in [5.74, 6) is 2.37. The second-order valence-corrected chi connectivity index (χ2v) is 7.34. The summed E-state index contributed by atoms with van der Waals surface area (Å²) < 4.78 is 7.21. The van der Waals surface area contributed by atoms with Crippen molar-refractivity contribution in [1.29, 1.82) is 0 Å². The van der Waals surface area contributed by atoms with Crippen LogP contribution in [-0.4, -0.2) is 26.9 Å². The smallest absolute Gasteiger partial charge is 0.191 e. The monoisotopic (exact) mass is 396 g/mol. The van der Waals surface area contributed by atoms with Gasteiger partial charge >= 0.3 is 0 Å². The van der Waals surface area contributed by atoms with Gasteiger partial charge in [-0.15, -0.1) is 10.2 Å². The molecular weight excluding hydrogens is 380 g/mol. The van der Waals surface area contributed by atoms with Gasteiger partial charge in [0.25, 0.3) is 0 Å². The van der Waals surface area contributed by atoms with Gasteiger partial charge in [0.05, 0.1) is 12.6 Å². The summed E-state index contributed by atoms with van der Waals surface area (Å²) in [5, 5.41) is 11.2. The van der Waals surface area contributed by atoms with E-state index in [4.69, 9.17) is 16.3 Å². The van der Waals surface area contributed by atoms with Crippen molar-refractivity contribution in [2.75, 3.05) is 7.11 Å². The molecule has 0 N–H and O–H groups in total. The van der Waals surface area contributed by atoms with Crippen LogP contribution in [0.5, 0.6) is 5.75 Å². The summed E-state index contributed by atoms with van der Waals surface area (Å²) in [6, 6.07) is 15.6. The van der Waals surface area contributed by atoms with Gasteiger partial charge in [-0.3, -0.25) is 4.98 Å². The molecule has 0 atom stereocenters. The lowest BCUT2D eigenvalue weighted by Gasteiger charge is -2.07. The molecule has 7 heteroatoms. The van der Waals surface area contributed by atoms with Crippen molar-refractivity contribution >= 4 is 34.3 Å². The number of hydrogen-bond donors (Lipinski definition) is 0. The molecule has 2 heterocycles. The largest absolute Gasteiger partial charge is 0.497 e. The molecule has 4 aromatic rings. The first-order chi connectivity index (χ1) is 13.2. The van der Waals surface area contributed by atoms with Gasteiger partial charge in [-0.1, -0.05) is 29.4 Å². The lowest BCUT2D eigenvalue weighted by Crippen LogP contribution is -1.96. The number of nitrogens with zero attached hydrogens (tertiary/aromatic N) is 4. The van der Waals surface area contributed by atoms with E-state index in [0.717, 1.165) is 44.5 Å². The number of halogens is 1. The summed E-state index contributed by atoms with van der Waals surface area (Å²) >= 11 is 7.91. The third kappa shape index (κ3) is 3.50. The first-order valence-corrected chi connectivity index (χ1v) is 9.72. The highest BCUT2D eigenvalue weighted by Crippen LogP contribution is 2.30. The van der Waals surface area contributed by atoms with Gasteiger partial charge in [-0.2, -0.15) is 0 Å². The van der Waals surface area contributed by atoms with Crippen molar-refractivity contribution in [3.8, 4) is 17.1 Å². The Balaban J connectivity index is 1.58. The number of pyridine rings is 1. The average Bonchev–Trinajstić information content (AvgIpc) is 3.08. The Morgan fingerprint density at radius 2 is 1.89 bits per heavy atom. The number of thioether (sulfide) groups is 1. The fraction of sp³-hybridized carbons (Fsp3) is 0.150. The molecule has 0 radical (unpaired) electrons. The molecule has 136 valence electrons. The Bertz CT molecular complexity index is 1100. The molecule has 0 aliphatic carbocycles. The second kappa shape index (κ2) is 7.58. The molecule has 0 unspecified atom stereocenters. The topological polar surface area (TPSA) is 52.8 Å². The number of rotatable bonds is 5. The molecule has 2 aromatic heterocycles. The van der Waals surface area contributed by atoms with E-state index in [2.05, 4.69) is 15.2 Å². The van der Waals surface area contributed by atoms with Crippen molar-refractivity contribution in [3.63, 3.8) is 0 Å². The zero-order chi connectivity index (χ0) is 18.8. The van der Waals surface area contributed by atoms with E-state index < -0.39 is 0 Å². The molecular formula is C20H17ClN4OS. The molecule has 0 aliphatic heterocycles. The van der Waals surface area contributed by atoms with Crippen LogP contribution in [0.1, 0.15) is 5.56 Å². The molecule has 0 amide bonds. The van der Waals surface area contributed by atoms with Crippen LogP contribution in [-0.2, 0) is 12.8 Å². The highest BCUT2D eigenvalue weighted by Gasteiger charge is 2.13. The molecule has 27 heavy (non-hydrogen) atoms. The van der Waals surface area contributed by atoms with Crippen LogP contribution < -0.4 is 4.74 Å². The Labute approximate surface area is 166 Å². The third-order valence-electron chi connectivity index (χ3n) is 4.34. The van der Waals surface area contributed by atoms with Crippen LogP contribution in [0.15, 0.2) is 59.9 Å². The first-order valence-electron chi connectivity index (χ1n) is 8.36. The number of fused-ring (bicyclic) bond motifs is 1. The Morgan fingerprint density at radius 3 is 2.67 bits per heavy atom. The quantitative estimate of drug-likeness (QED) is 0.445. The number of ether oxygens (including phenoxy) is 1. The van der Waals surface area contributed by atoms with Gasteiger partial charge in [0.1, 0.15) is 5.75 Å². The lowest BCUT2D eigenvalue weighted by molar-refractivity contribution is 0.415. The van der Waals surface area contributed by atoms with E-state index in [1.165, 1.54) is 0 Å². The molecule has 0 saturated carbocycles. The van der Waals surface area contributed by atoms with Crippen LogP contribution in [0.4, 0.5) is 0 Å². The van der Waals surface area contributed by atoms with Crippen LogP contribution in [0.3, 0.4) is 0 Å². The summed E-state index contributed by atoms with van der Waals surface area (Å²) in [6.45, 7) is 0.